The molecule has 2 N–H and O–H groups in total. The summed E-state index contributed by atoms with van der Waals surface area (Å²) >= 11 is 5.79. The number of carbonyl (C=O) groups is 2. The molecule has 29 heavy (non-hydrogen) atoms. The highest BCUT2D eigenvalue weighted by atomic mass is 35.5. The van der Waals surface area contributed by atoms with Gasteiger partial charge in [0, 0.05) is 29.4 Å². The summed E-state index contributed by atoms with van der Waals surface area (Å²) in [5.41, 5.74) is 4.91. The average molecular weight is 415 g/mol. The number of hydrogen-bond donors (Lipinski definition) is 2. The van der Waals surface area contributed by atoms with Crippen LogP contribution in [0.3, 0.4) is 0 Å². The summed E-state index contributed by atoms with van der Waals surface area (Å²) in [7, 11) is 0. The van der Waals surface area contributed by atoms with Gasteiger partial charge in [-0.2, -0.15) is 5.10 Å². The number of halogens is 1. The van der Waals surface area contributed by atoms with E-state index in [0.717, 1.165) is 31.5 Å². The van der Waals surface area contributed by atoms with Crippen molar-refractivity contribution in [1.29, 1.82) is 0 Å². The topological polar surface area (TPSA) is 73.8 Å². The molecule has 0 unspecified atom stereocenters. The van der Waals surface area contributed by atoms with Crippen molar-refractivity contribution in [2.24, 2.45) is 5.10 Å². The van der Waals surface area contributed by atoms with Gasteiger partial charge in [0.2, 0.25) is 0 Å². The quantitative estimate of drug-likeness (QED) is 0.458. The minimum atomic E-state index is -0.405. The molecule has 0 atom stereocenters. The monoisotopic (exact) mass is 414 g/mol. The molecule has 154 valence electrons. The van der Waals surface area contributed by atoms with E-state index in [4.69, 9.17) is 11.6 Å². The Labute approximate surface area is 176 Å². The van der Waals surface area contributed by atoms with Crippen LogP contribution >= 0.6 is 11.6 Å². The molecule has 2 rings (SSSR count). The van der Waals surface area contributed by atoms with Gasteiger partial charge in [-0.25, -0.2) is 5.43 Å². The molecule has 0 aliphatic carbocycles. The van der Waals surface area contributed by atoms with Crippen LogP contribution in [-0.4, -0.2) is 37.7 Å². The van der Waals surface area contributed by atoms with Crippen LogP contribution in [0.15, 0.2) is 53.6 Å². The van der Waals surface area contributed by atoms with Crippen molar-refractivity contribution in [2.45, 2.75) is 26.7 Å². The fourth-order valence-corrected chi connectivity index (χ4v) is 2.89. The fourth-order valence-electron chi connectivity index (χ4n) is 2.76. The van der Waals surface area contributed by atoms with Crippen molar-refractivity contribution < 1.29 is 9.59 Å². The standard InChI is InChI=1S/C22H27ClN4O2/c1-3-13-27(14-4-2)20-11-5-17(6-12-20)15-25-26-21(28)16-24-22(29)18-7-9-19(23)10-8-18/h5-12,15H,3-4,13-14,16H2,1-2H3,(H,24,29)(H,26,28)/b25-15-. The Morgan fingerprint density at radius 1 is 1.00 bits per heavy atom. The molecule has 2 amide bonds. The molecule has 7 heteroatoms. The van der Waals surface area contributed by atoms with Gasteiger partial charge >= 0.3 is 0 Å². The molecule has 0 saturated carbocycles. The lowest BCUT2D eigenvalue weighted by molar-refractivity contribution is -0.120. The van der Waals surface area contributed by atoms with Crippen molar-refractivity contribution in [3.8, 4) is 0 Å². The summed E-state index contributed by atoms with van der Waals surface area (Å²) in [5, 5.41) is 7.03. The van der Waals surface area contributed by atoms with Crippen molar-refractivity contribution in [1.82, 2.24) is 10.7 Å². The summed E-state index contributed by atoms with van der Waals surface area (Å²) in [4.78, 5) is 26.2. The van der Waals surface area contributed by atoms with E-state index < -0.39 is 5.91 Å². The summed E-state index contributed by atoms with van der Waals surface area (Å²) < 4.78 is 0. The molecule has 0 saturated heterocycles. The normalized spacial score (nSPS) is 10.7. The van der Waals surface area contributed by atoms with Crippen molar-refractivity contribution >= 4 is 35.3 Å². The van der Waals surface area contributed by atoms with Gasteiger partial charge in [-0.3, -0.25) is 9.59 Å². The molecule has 0 fully saturated rings. The van der Waals surface area contributed by atoms with Gasteiger partial charge in [0.25, 0.3) is 11.8 Å². The Kier molecular flexibility index (Phi) is 9.18. The lowest BCUT2D eigenvalue weighted by Crippen LogP contribution is -2.34. The van der Waals surface area contributed by atoms with Crippen LogP contribution in [0.2, 0.25) is 5.02 Å². The number of rotatable bonds is 10. The second-order valence-corrected chi connectivity index (χ2v) is 7.00. The maximum Gasteiger partial charge on any atom is 0.259 e. The Morgan fingerprint density at radius 2 is 1.62 bits per heavy atom. The highest BCUT2D eigenvalue weighted by molar-refractivity contribution is 6.30. The second kappa shape index (κ2) is 11.9. The van der Waals surface area contributed by atoms with E-state index in [2.05, 4.69) is 46.7 Å². The molecule has 0 aromatic heterocycles. The molecule has 0 radical (unpaired) electrons. The van der Waals surface area contributed by atoms with Crippen LogP contribution in [0, 0.1) is 0 Å². The maximum absolute atomic E-state index is 12.0. The van der Waals surface area contributed by atoms with E-state index in [-0.39, 0.29) is 12.5 Å². The Balaban J connectivity index is 1.80. The molecule has 0 bridgehead atoms. The zero-order chi connectivity index (χ0) is 21.1. The second-order valence-electron chi connectivity index (χ2n) is 6.56. The first-order valence-electron chi connectivity index (χ1n) is 9.74. The summed E-state index contributed by atoms with van der Waals surface area (Å²) in [5.74, 6) is -0.752. The predicted octanol–water partition coefficient (Wildman–Crippen LogP) is 3.85. The Bertz CT molecular complexity index is 814. The number of hydrogen-bond acceptors (Lipinski definition) is 4. The smallest absolute Gasteiger partial charge is 0.259 e. The van der Waals surface area contributed by atoms with Crippen LogP contribution in [0.4, 0.5) is 5.69 Å². The first-order chi connectivity index (χ1) is 14.0. The predicted molar refractivity (Wildman–Crippen MR) is 119 cm³/mol. The van der Waals surface area contributed by atoms with Crippen LogP contribution < -0.4 is 15.6 Å². The fraction of sp³-hybridized carbons (Fsp3) is 0.318. The third kappa shape index (κ3) is 7.58. The number of nitrogens with zero attached hydrogens (tertiary/aromatic N) is 2. The molecule has 0 aliphatic heterocycles. The van der Waals surface area contributed by atoms with Gasteiger partial charge in [0.15, 0.2) is 0 Å². The zero-order valence-corrected chi connectivity index (χ0v) is 17.6. The van der Waals surface area contributed by atoms with E-state index in [1.54, 1.807) is 30.5 Å². The first kappa shape index (κ1) is 22.4. The van der Waals surface area contributed by atoms with E-state index in [1.807, 2.05) is 12.1 Å². The van der Waals surface area contributed by atoms with Gasteiger partial charge in [-0.15, -0.1) is 0 Å². The molecular weight excluding hydrogens is 388 g/mol. The summed E-state index contributed by atoms with van der Waals surface area (Å²) in [6.45, 7) is 6.23. The third-order valence-corrected chi connectivity index (χ3v) is 4.42. The van der Waals surface area contributed by atoms with E-state index in [9.17, 15) is 9.59 Å². The highest BCUT2D eigenvalue weighted by Gasteiger charge is 2.07. The van der Waals surface area contributed by atoms with Crippen LogP contribution in [-0.2, 0) is 4.79 Å². The molecule has 2 aromatic rings. The lowest BCUT2D eigenvalue weighted by Gasteiger charge is -2.23. The Morgan fingerprint density at radius 3 is 2.21 bits per heavy atom. The number of benzene rings is 2. The van der Waals surface area contributed by atoms with E-state index in [1.165, 1.54) is 5.69 Å². The molecule has 0 heterocycles. The van der Waals surface area contributed by atoms with Crippen molar-refractivity contribution in [3.63, 3.8) is 0 Å². The number of hydrazone groups is 1. The molecule has 0 aliphatic rings. The maximum atomic E-state index is 12.0. The molecule has 2 aromatic carbocycles. The largest absolute Gasteiger partial charge is 0.372 e. The SMILES string of the molecule is CCCN(CCC)c1ccc(/C=N\NC(=O)CNC(=O)c2ccc(Cl)cc2)cc1. The van der Waals surface area contributed by atoms with Crippen LogP contribution in [0.1, 0.15) is 42.6 Å². The van der Waals surface area contributed by atoms with Gasteiger partial charge in [-0.05, 0) is 54.8 Å². The number of nitrogens with one attached hydrogen (secondary N) is 2. The van der Waals surface area contributed by atoms with Gasteiger partial charge < -0.3 is 10.2 Å². The van der Waals surface area contributed by atoms with Crippen LogP contribution in [0.5, 0.6) is 0 Å². The zero-order valence-electron chi connectivity index (χ0n) is 16.8. The summed E-state index contributed by atoms with van der Waals surface area (Å²) in [6, 6.07) is 14.5. The minimum absolute atomic E-state index is 0.166. The average Bonchev–Trinajstić information content (AvgIpc) is 2.73. The lowest BCUT2D eigenvalue weighted by atomic mass is 10.2. The number of carbonyl (C=O) groups excluding carboxylic acids is 2. The number of amides is 2. The molecule has 0 spiro atoms. The highest BCUT2D eigenvalue weighted by Crippen LogP contribution is 2.15. The van der Waals surface area contributed by atoms with Gasteiger partial charge in [-0.1, -0.05) is 37.6 Å². The van der Waals surface area contributed by atoms with Crippen molar-refractivity contribution in [3.05, 3.63) is 64.7 Å². The molecular formula is C22H27ClN4O2. The van der Waals surface area contributed by atoms with Gasteiger partial charge in [0.1, 0.15) is 0 Å². The minimum Gasteiger partial charge on any atom is -0.372 e. The third-order valence-electron chi connectivity index (χ3n) is 4.16. The first-order valence-corrected chi connectivity index (χ1v) is 10.1. The van der Waals surface area contributed by atoms with Gasteiger partial charge in [0.05, 0.1) is 12.8 Å². The van der Waals surface area contributed by atoms with Crippen LogP contribution in [0.25, 0.3) is 0 Å². The Hall–Kier alpha value is -2.86. The number of anilines is 1. The van der Waals surface area contributed by atoms with Crippen molar-refractivity contribution in [2.75, 3.05) is 24.5 Å². The van der Waals surface area contributed by atoms with E-state index in [0.29, 0.717) is 10.6 Å². The molecule has 6 nitrogen and oxygen atoms in total. The summed E-state index contributed by atoms with van der Waals surface area (Å²) in [6.07, 6.45) is 3.78. The van der Waals surface area contributed by atoms with E-state index >= 15 is 0 Å².